The molecule has 2 heterocycles. The molecule has 1 aromatic rings. The van der Waals surface area contributed by atoms with E-state index in [-0.39, 0.29) is 0 Å². The van der Waals surface area contributed by atoms with E-state index in [4.69, 9.17) is 0 Å². The van der Waals surface area contributed by atoms with E-state index in [2.05, 4.69) is 9.88 Å². The zero-order chi connectivity index (χ0) is 10.7. The largest absolute Gasteiger partial charge is 0.389 e. The van der Waals surface area contributed by atoms with Crippen molar-refractivity contribution in [2.45, 2.75) is 13.0 Å². The van der Waals surface area contributed by atoms with E-state index in [1.165, 1.54) is 11.5 Å². The van der Waals surface area contributed by atoms with E-state index >= 15 is 0 Å². The molecule has 0 spiro atoms. The van der Waals surface area contributed by atoms with Gasteiger partial charge in [-0.25, -0.2) is 4.98 Å². The number of aliphatic hydroxyl groups excluding tert-OH is 1. The van der Waals surface area contributed by atoms with Crippen LogP contribution in [-0.2, 0) is 0 Å². The number of hydrogen-bond donors (Lipinski definition) is 1. The van der Waals surface area contributed by atoms with Crippen molar-refractivity contribution < 1.29 is 5.11 Å². The van der Waals surface area contributed by atoms with Crippen molar-refractivity contribution in [2.24, 2.45) is 0 Å². The van der Waals surface area contributed by atoms with Gasteiger partial charge in [-0.05, 0) is 24.6 Å². The second kappa shape index (κ2) is 4.86. The van der Waals surface area contributed by atoms with Crippen LogP contribution in [0.5, 0.6) is 0 Å². The lowest BCUT2D eigenvalue weighted by Crippen LogP contribution is -2.33. The number of nitrogens with zero attached hydrogens (tertiary/aromatic N) is 2. The van der Waals surface area contributed by atoms with Gasteiger partial charge in [0.15, 0.2) is 0 Å². The fraction of sp³-hybridized carbons (Fsp3) is 0.545. The molecule has 2 rings (SSSR count). The van der Waals surface area contributed by atoms with Crippen molar-refractivity contribution in [1.82, 2.24) is 4.98 Å². The summed E-state index contributed by atoms with van der Waals surface area (Å²) in [6, 6.07) is 3.85. The first-order valence-corrected chi connectivity index (χ1v) is 6.39. The van der Waals surface area contributed by atoms with Crippen molar-refractivity contribution >= 4 is 17.6 Å². The highest BCUT2D eigenvalue weighted by Crippen LogP contribution is 2.20. The van der Waals surface area contributed by atoms with Crippen molar-refractivity contribution in [2.75, 3.05) is 29.5 Å². The summed E-state index contributed by atoms with van der Waals surface area (Å²) in [5.74, 6) is 3.33. The average molecular weight is 224 g/mol. The predicted molar refractivity (Wildman–Crippen MR) is 64.4 cm³/mol. The van der Waals surface area contributed by atoms with Gasteiger partial charge in [0.1, 0.15) is 5.82 Å². The van der Waals surface area contributed by atoms with Gasteiger partial charge in [-0.2, -0.15) is 11.8 Å². The van der Waals surface area contributed by atoms with Crippen LogP contribution in [0.1, 0.15) is 18.6 Å². The van der Waals surface area contributed by atoms with Crippen molar-refractivity contribution in [3.8, 4) is 0 Å². The quantitative estimate of drug-likeness (QED) is 0.829. The molecule has 0 saturated carbocycles. The number of thioether (sulfide) groups is 1. The van der Waals surface area contributed by atoms with Crippen LogP contribution >= 0.6 is 11.8 Å². The molecule has 1 aliphatic heterocycles. The molecule has 1 saturated heterocycles. The third kappa shape index (κ3) is 2.63. The number of pyridine rings is 1. The molecule has 0 aromatic carbocycles. The van der Waals surface area contributed by atoms with Crippen LogP contribution in [-0.4, -0.2) is 34.7 Å². The topological polar surface area (TPSA) is 36.4 Å². The third-order valence-electron chi connectivity index (χ3n) is 2.59. The summed E-state index contributed by atoms with van der Waals surface area (Å²) in [7, 11) is 0. The molecule has 3 nitrogen and oxygen atoms in total. The SMILES string of the molecule is C[C@H](O)c1ccnc(N2CCSCC2)c1. The lowest BCUT2D eigenvalue weighted by Gasteiger charge is -2.27. The van der Waals surface area contributed by atoms with Crippen molar-refractivity contribution in [1.29, 1.82) is 0 Å². The van der Waals surface area contributed by atoms with E-state index < -0.39 is 6.10 Å². The summed E-state index contributed by atoms with van der Waals surface area (Å²) in [6.45, 7) is 3.90. The smallest absolute Gasteiger partial charge is 0.128 e. The minimum absolute atomic E-state index is 0.411. The van der Waals surface area contributed by atoms with E-state index in [1.807, 2.05) is 23.9 Å². The summed E-state index contributed by atoms with van der Waals surface area (Å²) in [5.41, 5.74) is 0.943. The van der Waals surface area contributed by atoms with Crippen LogP contribution in [0.4, 0.5) is 5.82 Å². The molecule has 1 atom stereocenters. The Morgan fingerprint density at radius 2 is 2.20 bits per heavy atom. The van der Waals surface area contributed by atoms with Crippen LogP contribution in [0.25, 0.3) is 0 Å². The summed E-state index contributed by atoms with van der Waals surface area (Å²) in [4.78, 5) is 6.63. The van der Waals surface area contributed by atoms with Gasteiger partial charge in [0.25, 0.3) is 0 Å². The standard InChI is InChI=1S/C11H16N2OS/c1-9(14)10-2-3-12-11(8-10)13-4-6-15-7-5-13/h2-3,8-9,14H,4-7H2,1H3/t9-/m0/s1. The number of aromatic nitrogens is 1. The van der Waals surface area contributed by atoms with E-state index in [9.17, 15) is 5.11 Å². The molecule has 0 bridgehead atoms. The first-order valence-electron chi connectivity index (χ1n) is 5.24. The molecule has 15 heavy (non-hydrogen) atoms. The highest BCUT2D eigenvalue weighted by Gasteiger charge is 2.13. The summed E-state index contributed by atoms with van der Waals surface area (Å²) in [6.07, 6.45) is 1.37. The lowest BCUT2D eigenvalue weighted by atomic mass is 10.1. The molecule has 0 aliphatic carbocycles. The number of hydrogen-bond acceptors (Lipinski definition) is 4. The second-order valence-corrected chi connectivity index (χ2v) is 4.95. The van der Waals surface area contributed by atoms with Crippen molar-refractivity contribution in [3.63, 3.8) is 0 Å². The Morgan fingerprint density at radius 1 is 1.47 bits per heavy atom. The maximum absolute atomic E-state index is 9.50. The molecule has 0 unspecified atom stereocenters. The monoisotopic (exact) mass is 224 g/mol. The fourth-order valence-corrected chi connectivity index (χ4v) is 2.56. The molecular formula is C11H16N2OS. The van der Waals surface area contributed by atoms with Gasteiger partial charge in [-0.15, -0.1) is 0 Å². The van der Waals surface area contributed by atoms with Crippen LogP contribution < -0.4 is 4.90 Å². The van der Waals surface area contributed by atoms with Gasteiger partial charge in [0, 0.05) is 30.8 Å². The second-order valence-electron chi connectivity index (χ2n) is 3.72. The van der Waals surface area contributed by atoms with Crippen LogP contribution in [0.15, 0.2) is 18.3 Å². The molecular weight excluding hydrogens is 208 g/mol. The molecule has 4 heteroatoms. The van der Waals surface area contributed by atoms with Gasteiger partial charge in [-0.1, -0.05) is 0 Å². The maximum Gasteiger partial charge on any atom is 0.128 e. The number of anilines is 1. The third-order valence-corrected chi connectivity index (χ3v) is 3.53. The summed E-state index contributed by atoms with van der Waals surface area (Å²) < 4.78 is 0. The summed E-state index contributed by atoms with van der Waals surface area (Å²) >= 11 is 1.98. The van der Waals surface area contributed by atoms with E-state index in [0.29, 0.717) is 0 Å². The van der Waals surface area contributed by atoms with Gasteiger partial charge >= 0.3 is 0 Å². The Morgan fingerprint density at radius 3 is 2.87 bits per heavy atom. The molecule has 0 radical (unpaired) electrons. The minimum atomic E-state index is -0.411. The van der Waals surface area contributed by atoms with Gasteiger partial charge in [0.05, 0.1) is 6.10 Å². The van der Waals surface area contributed by atoms with E-state index in [0.717, 1.165) is 24.5 Å². The predicted octanol–water partition coefficient (Wildman–Crippen LogP) is 1.69. The van der Waals surface area contributed by atoms with Gasteiger partial charge in [-0.3, -0.25) is 0 Å². The van der Waals surface area contributed by atoms with Crippen LogP contribution in [0.2, 0.25) is 0 Å². The van der Waals surface area contributed by atoms with E-state index in [1.54, 1.807) is 13.1 Å². The van der Waals surface area contributed by atoms with Crippen molar-refractivity contribution in [3.05, 3.63) is 23.9 Å². The average Bonchev–Trinajstić information content (AvgIpc) is 2.30. The molecule has 0 amide bonds. The lowest BCUT2D eigenvalue weighted by molar-refractivity contribution is 0.199. The maximum atomic E-state index is 9.50. The molecule has 1 fully saturated rings. The Labute approximate surface area is 94.5 Å². The molecule has 1 N–H and O–H groups in total. The number of aliphatic hydroxyl groups is 1. The minimum Gasteiger partial charge on any atom is -0.389 e. The highest BCUT2D eigenvalue weighted by molar-refractivity contribution is 7.99. The number of rotatable bonds is 2. The first kappa shape index (κ1) is 10.8. The molecule has 1 aliphatic rings. The zero-order valence-electron chi connectivity index (χ0n) is 8.89. The van der Waals surface area contributed by atoms with Gasteiger partial charge in [0.2, 0.25) is 0 Å². The van der Waals surface area contributed by atoms with Crippen LogP contribution in [0.3, 0.4) is 0 Å². The Kier molecular flexibility index (Phi) is 3.49. The Bertz CT molecular complexity index is 324. The fourth-order valence-electron chi connectivity index (χ4n) is 1.66. The Balaban J connectivity index is 2.16. The Hall–Kier alpha value is -0.740. The zero-order valence-corrected chi connectivity index (χ0v) is 9.70. The van der Waals surface area contributed by atoms with Gasteiger partial charge < -0.3 is 10.0 Å². The summed E-state index contributed by atoms with van der Waals surface area (Å²) in [5, 5.41) is 9.50. The molecule has 82 valence electrons. The first-order chi connectivity index (χ1) is 7.27. The molecule has 1 aromatic heterocycles. The highest BCUT2D eigenvalue weighted by atomic mass is 32.2. The normalized spacial score (nSPS) is 18.9. The van der Waals surface area contributed by atoms with Crippen LogP contribution in [0, 0.1) is 0 Å².